The SMILES string of the molecule is CC(C)(C)c1ccc(-c2cc(-c3cc4ccccc4c4ccccc34)c3cc4cc(-c5ccc(OC(F)(F)F)cc5)ccc4c(-c4cc5ccccc5c5ccccc45)c3c2)cc1. The number of fused-ring (bicyclic) bond motifs is 8. The monoisotopic (exact) mass is 822 g/mol. The Bertz CT molecular complexity index is 3590. The third kappa shape index (κ3) is 6.83. The van der Waals surface area contributed by atoms with Gasteiger partial charge in [-0.2, -0.15) is 0 Å². The second kappa shape index (κ2) is 14.6. The first kappa shape index (κ1) is 38.5. The Balaban J connectivity index is 1.28. The van der Waals surface area contributed by atoms with Crippen LogP contribution in [0.5, 0.6) is 5.75 Å². The lowest BCUT2D eigenvalue weighted by Crippen LogP contribution is -2.16. The Morgan fingerprint density at radius 2 is 0.825 bits per heavy atom. The number of hydrogen-bond donors (Lipinski definition) is 0. The van der Waals surface area contributed by atoms with Gasteiger partial charge in [-0.15, -0.1) is 13.2 Å². The van der Waals surface area contributed by atoms with Crippen LogP contribution in [0.25, 0.3) is 109 Å². The molecule has 0 amide bonds. The fourth-order valence-electron chi connectivity index (χ4n) is 9.64. The molecule has 1 nitrogen and oxygen atoms in total. The molecule has 0 aliphatic carbocycles. The van der Waals surface area contributed by atoms with Gasteiger partial charge in [0, 0.05) is 0 Å². The highest BCUT2D eigenvalue weighted by Gasteiger charge is 2.31. The van der Waals surface area contributed by atoms with E-state index in [9.17, 15) is 13.2 Å². The van der Waals surface area contributed by atoms with Gasteiger partial charge in [0.15, 0.2) is 0 Å². The maximum atomic E-state index is 13.1. The summed E-state index contributed by atoms with van der Waals surface area (Å²) in [7, 11) is 0. The van der Waals surface area contributed by atoms with E-state index >= 15 is 0 Å². The van der Waals surface area contributed by atoms with E-state index in [1.807, 2.05) is 0 Å². The van der Waals surface area contributed by atoms with Crippen LogP contribution in [0.3, 0.4) is 0 Å². The Kier molecular flexibility index (Phi) is 8.92. The second-order valence-electron chi connectivity index (χ2n) is 17.6. The summed E-state index contributed by atoms with van der Waals surface area (Å²) < 4.78 is 43.5. The first-order chi connectivity index (χ1) is 30.5. The number of alkyl halides is 3. The van der Waals surface area contributed by atoms with Crippen molar-refractivity contribution in [2.45, 2.75) is 32.5 Å². The maximum Gasteiger partial charge on any atom is 0.573 e. The highest BCUT2D eigenvalue weighted by molar-refractivity contribution is 6.25. The number of benzene rings is 11. The summed E-state index contributed by atoms with van der Waals surface area (Å²) in [6.07, 6.45) is -4.77. The van der Waals surface area contributed by atoms with Gasteiger partial charge in [-0.1, -0.05) is 166 Å². The summed E-state index contributed by atoms with van der Waals surface area (Å²) in [4.78, 5) is 0. The summed E-state index contributed by atoms with van der Waals surface area (Å²) in [5.74, 6) is -0.250. The van der Waals surface area contributed by atoms with Crippen molar-refractivity contribution in [3.05, 3.63) is 200 Å². The van der Waals surface area contributed by atoms with E-state index in [0.717, 1.165) is 76.8 Å². The molecule has 304 valence electrons. The molecule has 0 fully saturated rings. The normalized spacial score (nSPS) is 12.3. The van der Waals surface area contributed by atoms with E-state index in [1.165, 1.54) is 50.0 Å². The largest absolute Gasteiger partial charge is 0.573 e. The molecule has 4 heteroatoms. The van der Waals surface area contributed by atoms with E-state index in [2.05, 4.69) is 195 Å². The number of rotatable bonds is 5. The maximum absolute atomic E-state index is 13.1. The van der Waals surface area contributed by atoms with Crippen molar-refractivity contribution in [3.8, 4) is 50.3 Å². The molecule has 0 aliphatic rings. The van der Waals surface area contributed by atoms with Crippen molar-refractivity contribution in [1.29, 1.82) is 0 Å². The fraction of sp³-hybridized carbons (Fsp3) is 0.0847. The molecular weight excluding hydrogens is 782 g/mol. The van der Waals surface area contributed by atoms with Crippen LogP contribution in [-0.2, 0) is 5.41 Å². The van der Waals surface area contributed by atoms with Gasteiger partial charge in [-0.3, -0.25) is 0 Å². The van der Waals surface area contributed by atoms with Crippen LogP contribution in [0.4, 0.5) is 13.2 Å². The Morgan fingerprint density at radius 1 is 0.333 bits per heavy atom. The van der Waals surface area contributed by atoms with E-state index in [1.54, 1.807) is 12.1 Å². The molecule has 0 saturated carbocycles. The number of hydrogen-bond acceptors (Lipinski definition) is 1. The van der Waals surface area contributed by atoms with E-state index in [4.69, 9.17) is 0 Å². The van der Waals surface area contributed by atoms with Gasteiger partial charge in [-0.05, 0) is 169 Å². The summed E-state index contributed by atoms with van der Waals surface area (Å²) in [6.45, 7) is 6.74. The van der Waals surface area contributed by atoms with Gasteiger partial charge in [0.05, 0.1) is 0 Å². The average Bonchev–Trinajstić information content (AvgIpc) is 3.29. The molecule has 63 heavy (non-hydrogen) atoms. The molecule has 11 aromatic carbocycles. The minimum atomic E-state index is -4.77. The van der Waals surface area contributed by atoms with Gasteiger partial charge in [0.2, 0.25) is 0 Å². The lowest BCUT2D eigenvalue weighted by Gasteiger charge is -2.21. The minimum absolute atomic E-state index is 0.0120. The topological polar surface area (TPSA) is 9.23 Å². The van der Waals surface area contributed by atoms with Crippen molar-refractivity contribution in [2.24, 2.45) is 0 Å². The summed E-state index contributed by atoms with van der Waals surface area (Å²) in [5, 5.41) is 13.8. The standard InChI is InChI=1S/C59H41F3O/c1-58(2,3)43-25-20-37(21-26-43)41-33-53(52-31-39-12-4-6-14-45(39)48-16-8-10-18-50(48)52)54-35-42-30-38(36-22-27-44(28-23-36)63-59(60,61)62)24-29-47(42)57(56(54)34-41)55-32-40-13-5-7-15-46(40)49-17-9-11-19-51(49)55/h4-35H,1-3H3. The molecule has 0 spiro atoms. The molecule has 0 unspecified atom stereocenters. The predicted molar refractivity (Wildman–Crippen MR) is 259 cm³/mol. The molecule has 11 aromatic rings. The molecule has 0 saturated heterocycles. The Hall–Kier alpha value is -7.43. The van der Waals surface area contributed by atoms with Crippen LogP contribution in [-0.4, -0.2) is 6.36 Å². The summed E-state index contributed by atoms with van der Waals surface area (Å²) in [6, 6.07) is 67.9. The van der Waals surface area contributed by atoms with E-state index in [0.29, 0.717) is 0 Å². The summed E-state index contributed by atoms with van der Waals surface area (Å²) in [5.41, 5.74) is 9.77. The zero-order valence-electron chi connectivity index (χ0n) is 35.0. The third-order valence-corrected chi connectivity index (χ3v) is 12.7. The van der Waals surface area contributed by atoms with Gasteiger partial charge in [-0.25, -0.2) is 0 Å². The molecule has 0 aromatic heterocycles. The summed E-state index contributed by atoms with van der Waals surface area (Å²) >= 11 is 0. The van der Waals surface area contributed by atoms with Crippen LogP contribution >= 0.6 is 0 Å². The highest BCUT2D eigenvalue weighted by atomic mass is 19.4. The van der Waals surface area contributed by atoms with Crippen molar-refractivity contribution in [1.82, 2.24) is 0 Å². The van der Waals surface area contributed by atoms with Gasteiger partial charge in [0.1, 0.15) is 5.75 Å². The van der Waals surface area contributed by atoms with Crippen LogP contribution in [0.1, 0.15) is 26.3 Å². The van der Waals surface area contributed by atoms with Gasteiger partial charge in [0.25, 0.3) is 0 Å². The molecule has 11 rings (SSSR count). The van der Waals surface area contributed by atoms with Gasteiger partial charge < -0.3 is 4.74 Å². The molecule has 0 atom stereocenters. The minimum Gasteiger partial charge on any atom is -0.406 e. The van der Waals surface area contributed by atoms with E-state index < -0.39 is 6.36 Å². The van der Waals surface area contributed by atoms with Gasteiger partial charge >= 0.3 is 6.36 Å². The number of ether oxygens (including phenoxy) is 1. The Labute approximate surface area is 363 Å². The molecule has 0 bridgehead atoms. The van der Waals surface area contributed by atoms with Crippen molar-refractivity contribution in [3.63, 3.8) is 0 Å². The molecule has 0 heterocycles. The quantitative estimate of drug-likeness (QED) is 0.124. The fourth-order valence-corrected chi connectivity index (χ4v) is 9.64. The van der Waals surface area contributed by atoms with Crippen LogP contribution in [0.2, 0.25) is 0 Å². The highest BCUT2D eigenvalue weighted by Crippen LogP contribution is 2.48. The molecule has 0 radical (unpaired) electrons. The van der Waals surface area contributed by atoms with Crippen LogP contribution < -0.4 is 4.74 Å². The average molecular weight is 823 g/mol. The van der Waals surface area contributed by atoms with Crippen molar-refractivity contribution >= 4 is 64.6 Å². The molecule has 0 aliphatic heterocycles. The lowest BCUT2D eigenvalue weighted by atomic mass is 9.82. The van der Waals surface area contributed by atoms with E-state index in [-0.39, 0.29) is 11.2 Å². The molecule has 0 N–H and O–H groups in total. The van der Waals surface area contributed by atoms with Crippen LogP contribution in [0.15, 0.2) is 194 Å². The van der Waals surface area contributed by atoms with Crippen molar-refractivity contribution in [2.75, 3.05) is 0 Å². The first-order valence-electron chi connectivity index (χ1n) is 21.3. The van der Waals surface area contributed by atoms with Crippen LogP contribution in [0, 0.1) is 0 Å². The zero-order valence-corrected chi connectivity index (χ0v) is 35.0. The smallest absolute Gasteiger partial charge is 0.406 e. The third-order valence-electron chi connectivity index (χ3n) is 12.7. The second-order valence-corrected chi connectivity index (χ2v) is 17.6. The zero-order chi connectivity index (χ0) is 43.0. The molecular formula is C59H41F3O. The predicted octanol–water partition coefficient (Wildman–Crippen LogP) is 17.5. The lowest BCUT2D eigenvalue weighted by molar-refractivity contribution is -0.274. The van der Waals surface area contributed by atoms with Crippen molar-refractivity contribution < 1.29 is 17.9 Å². The Morgan fingerprint density at radius 3 is 1.43 bits per heavy atom. The first-order valence-corrected chi connectivity index (χ1v) is 21.3. The number of halogens is 3.